The zero-order valence-corrected chi connectivity index (χ0v) is 19.4. The lowest BCUT2D eigenvalue weighted by molar-refractivity contribution is -0.134. The predicted octanol–water partition coefficient (Wildman–Crippen LogP) is 2.11. The van der Waals surface area contributed by atoms with Crippen molar-refractivity contribution in [3.8, 4) is 0 Å². The molecule has 7 nitrogen and oxygen atoms in total. The number of hydrogen-bond acceptors (Lipinski definition) is 5. The molecular weight excluding hydrogens is 433 g/mol. The molecule has 1 aliphatic heterocycles. The number of nitrogens with zero attached hydrogens (tertiary/aromatic N) is 2. The molecule has 0 aliphatic carbocycles. The van der Waals surface area contributed by atoms with Crippen LogP contribution in [0.5, 0.6) is 0 Å². The number of carbonyl (C=O) groups is 1. The number of hydrogen-bond donors (Lipinski definition) is 2. The number of piperazine rings is 1. The molecular formula is C23H30FN3O4S. The van der Waals surface area contributed by atoms with E-state index in [1.807, 2.05) is 25.7 Å². The zero-order valence-electron chi connectivity index (χ0n) is 18.6. The number of carbonyl (C=O) groups excluding carboxylic acids is 1. The maximum atomic E-state index is 13.1. The molecule has 2 aromatic rings. The SMILES string of the molecule is CC(C)(C)c1ccc(S(=O)(=O)N[C@@H](CO)C(=O)N2CCN(c3ccc(F)cc3)CC2)cc1. The van der Waals surface area contributed by atoms with Crippen molar-refractivity contribution in [2.75, 3.05) is 37.7 Å². The molecule has 0 bridgehead atoms. The number of benzene rings is 2. The van der Waals surface area contributed by atoms with Crippen molar-refractivity contribution < 1.29 is 22.7 Å². The van der Waals surface area contributed by atoms with E-state index in [2.05, 4.69) is 4.72 Å². The van der Waals surface area contributed by atoms with E-state index in [0.29, 0.717) is 26.2 Å². The number of aliphatic hydroxyl groups is 1. The number of sulfonamides is 1. The summed E-state index contributed by atoms with van der Waals surface area (Å²) >= 11 is 0. The first-order chi connectivity index (χ1) is 15.0. The van der Waals surface area contributed by atoms with Gasteiger partial charge >= 0.3 is 0 Å². The van der Waals surface area contributed by atoms with Crippen molar-refractivity contribution in [2.24, 2.45) is 0 Å². The number of aliphatic hydroxyl groups excluding tert-OH is 1. The van der Waals surface area contributed by atoms with Gasteiger partial charge in [-0.3, -0.25) is 4.79 Å². The number of nitrogens with one attached hydrogen (secondary N) is 1. The Kier molecular flexibility index (Phi) is 7.22. The molecule has 9 heteroatoms. The third-order valence-electron chi connectivity index (χ3n) is 5.59. The Morgan fingerprint density at radius 2 is 1.59 bits per heavy atom. The van der Waals surface area contributed by atoms with E-state index < -0.39 is 28.6 Å². The second-order valence-electron chi connectivity index (χ2n) is 8.92. The quantitative estimate of drug-likeness (QED) is 0.685. The van der Waals surface area contributed by atoms with Crippen molar-refractivity contribution in [3.63, 3.8) is 0 Å². The molecule has 1 aliphatic rings. The predicted molar refractivity (Wildman–Crippen MR) is 122 cm³/mol. The topological polar surface area (TPSA) is 89.9 Å². The maximum Gasteiger partial charge on any atom is 0.243 e. The lowest BCUT2D eigenvalue weighted by Crippen LogP contribution is -2.56. The fourth-order valence-electron chi connectivity index (χ4n) is 3.61. The molecule has 1 heterocycles. The summed E-state index contributed by atoms with van der Waals surface area (Å²) in [5.74, 6) is -0.783. The average Bonchev–Trinajstić information content (AvgIpc) is 2.77. The normalized spacial score (nSPS) is 16.2. The van der Waals surface area contributed by atoms with E-state index in [4.69, 9.17) is 0 Å². The molecule has 174 valence electrons. The Balaban J connectivity index is 1.63. The first-order valence-electron chi connectivity index (χ1n) is 10.5. The smallest absolute Gasteiger partial charge is 0.243 e. The summed E-state index contributed by atoms with van der Waals surface area (Å²) in [6.07, 6.45) is 0. The molecule has 3 rings (SSSR count). The molecule has 32 heavy (non-hydrogen) atoms. The molecule has 0 aromatic heterocycles. The van der Waals surface area contributed by atoms with Crippen molar-refractivity contribution in [1.82, 2.24) is 9.62 Å². The van der Waals surface area contributed by atoms with Crippen LogP contribution in [0, 0.1) is 5.82 Å². The third kappa shape index (κ3) is 5.65. The summed E-state index contributed by atoms with van der Waals surface area (Å²) in [5, 5.41) is 9.72. The van der Waals surface area contributed by atoms with Crippen LogP contribution in [0.15, 0.2) is 53.4 Å². The highest BCUT2D eigenvalue weighted by atomic mass is 32.2. The maximum absolute atomic E-state index is 13.1. The van der Waals surface area contributed by atoms with Gasteiger partial charge in [-0.15, -0.1) is 0 Å². The second kappa shape index (κ2) is 9.56. The highest BCUT2D eigenvalue weighted by Gasteiger charge is 2.31. The molecule has 2 aromatic carbocycles. The number of anilines is 1. The first kappa shape index (κ1) is 24.2. The molecule has 2 N–H and O–H groups in total. The Labute approximate surface area is 188 Å². The fourth-order valence-corrected chi connectivity index (χ4v) is 4.79. The third-order valence-corrected chi connectivity index (χ3v) is 7.08. The molecule has 1 fully saturated rings. The minimum Gasteiger partial charge on any atom is -0.394 e. The Hall–Kier alpha value is -2.49. The van der Waals surface area contributed by atoms with Gasteiger partial charge in [-0.1, -0.05) is 32.9 Å². The van der Waals surface area contributed by atoms with Crippen LogP contribution in [-0.2, 0) is 20.2 Å². The molecule has 0 spiro atoms. The van der Waals surface area contributed by atoms with Gasteiger partial charge in [-0.2, -0.15) is 4.72 Å². The monoisotopic (exact) mass is 463 g/mol. The molecule has 1 atom stereocenters. The Morgan fingerprint density at radius 3 is 2.09 bits per heavy atom. The standard InChI is InChI=1S/C23H30FN3O4S/c1-23(2,3)17-4-10-20(11-5-17)32(30,31)25-21(16-28)22(29)27-14-12-26(13-15-27)19-8-6-18(24)7-9-19/h4-11,21,25,28H,12-16H2,1-3H3/t21-/m0/s1. The summed E-state index contributed by atoms with van der Waals surface area (Å²) < 4.78 is 41.0. The van der Waals surface area contributed by atoms with Crippen molar-refractivity contribution >= 4 is 21.6 Å². The van der Waals surface area contributed by atoms with Gasteiger partial charge in [0, 0.05) is 31.9 Å². The lowest BCUT2D eigenvalue weighted by Gasteiger charge is -2.37. The number of rotatable bonds is 6. The van der Waals surface area contributed by atoms with Crippen LogP contribution in [0.1, 0.15) is 26.3 Å². The first-order valence-corrected chi connectivity index (χ1v) is 12.0. The van der Waals surface area contributed by atoms with Crippen LogP contribution in [-0.4, -0.2) is 63.2 Å². The van der Waals surface area contributed by atoms with Crippen molar-refractivity contribution in [2.45, 2.75) is 37.1 Å². The molecule has 0 unspecified atom stereocenters. The number of amides is 1. The summed E-state index contributed by atoms with van der Waals surface area (Å²) in [4.78, 5) is 16.5. The molecule has 1 amide bonds. The average molecular weight is 464 g/mol. The van der Waals surface area contributed by atoms with E-state index in [1.165, 1.54) is 29.2 Å². The molecule has 1 saturated heterocycles. The van der Waals surface area contributed by atoms with Crippen LogP contribution >= 0.6 is 0 Å². The van der Waals surface area contributed by atoms with Crippen LogP contribution in [0.25, 0.3) is 0 Å². The molecule has 0 radical (unpaired) electrons. The van der Waals surface area contributed by atoms with Crippen LogP contribution < -0.4 is 9.62 Å². The van der Waals surface area contributed by atoms with Crippen molar-refractivity contribution in [1.29, 1.82) is 0 Å². The fraction of sp³-hybridized carbons (Fsp3) is 0.435. The second-order valence-corrected chi connectivity index (χ2v) is 10.6. The summed E-state index contributed by atoms with van der Waals surface area (Å²) in [5.41, 5.74) is 1.73. The minimum atomic E-state index is -3.98. The zero-order chi connectivity index (χ0) is 23.5. The Bertz CT molecular complexity index is 1030. The van der Waals surface area contributed by atoms with Gasteiger partial charge in [0.05, 0.1) is 11.5 Å². The van der Waals surface area contributed by atoms with Gasteiger partial charge in [0.2, 0.25) is 15.9 Å². The van der Waals surface area contributed by atoms with E-state index in [9.17, 15) is 22.7 Å². The van der Waals surface area contributed by atoms with E-state index in [-0.39, 0.29) is 16.1 Å². The highest BCUT2D eigenvalue weighted by molar-refractivity contribution is 7.89. The minimum absolute atomic E-state index is 0.0397. The largest absolute Gasteiger partial charge is 0.394 e. The Morgan fingerprint density at radius 1 is 1.03 bits per heavy atom. The molecule has 0 saturated carbocycles. The van der Waals surface area contributed by atoms with Crippen LogP contribution in [0.2, 0.25) is 0 Å². The summed E-state index contributed by atoms with van der Waals surface area (Å²) in [6, 6.07) is 11.4. The lowest BCUT2D eigenvalue weighted by atomic mass is 9.87. The van der Waals surface area contributed by atoms with E-state index >= 15 is 0 Å². The van der Waals surface area contributed by atoms with Gasteiger partial charge in [0.1, 0.15) is 11.9 Å². The van der Waals surface area contributed by atoms with Gasteiger partial charge in [-0.05, 0) is 47.4 Å². The van der Waals surface area contributed by atoms with E-state index in [1.54, 1.807) is 24.3 Å². The van der Waals surface area contributed by atoms with Gasteiger partial charge < -0.3 is 14.9 Å². The van der Waals surface area contributed by atoms with Gasteiger partial charge in [0.25, 0.3) is 0 Å². The van der Waals surface area contributed by atoms with Gasteiger partial charge in [0.15, 0.2) is 0 Å². The summed E-state index contributed by atoms with van der Waals surface area (Å²) in [7, 11) is -3.98. The van der Waals surface area contributed by atoms with E-state index in [0.717, 1.165) is 11.3 Å². The van der Waals surface area contributed by atoms with Crippen molar-refractivity contribution in [3.05, 3.63) is 59.9 Å². The number of halogens is 1. The van der Waals surface area contributed by atoms with Crippen LogP contribution in [0.3, 0.4) is 0 Å². The van der Waals surface area contributed by atoms with Gasteiger partial charge in [-0.25, -0.2) is 12.8 Å². The van der Waals surface area contributed by atoms with Crippen LogP contribution in [0.4, 0.5) is 10.1 Å². The highest BCUT2D eigenvalue weighted by Crippen LogP contribution is 2.23. The summed E-state index contributed by atoms with van der Waals surface area (Å²) in [6.45, 7) is 7.24.